The molecule has 3 nitrogen and oxygen atoms in total. The van der Waals surface area contributed by atoms with Crippen molar-refractivity contribution in [2.24, 2.45) is 5.92 Å². The van der Waals surface area contributed by atoms with Crippen LogP contribution in [0.3, 0.4) is 0 Å². The number of ether oxygens (including phenoxy) is 2. The van der Waals surface area contributed by atoms with Crippen LogP contribution in [0, 0.1) is 5.92 Å². The molecule has 0 radical (unpaired) electrons. The van der Waals surface area contributed by atoms with Gasteiger partial charge in [0.15, 0.2) is 11.5 Å². The summed E-state index contributed by atoms with van der Waals surface area (Å²) in [6.07, 6.45) is 2.14. The van der Waals surface area contributed by atoms with Crippen LogP contribution in [-0.4, -0.2) is 20.3 Å². The van der Waals surface area contributed by atoms with E-state index in [1.807, 2.05) is 6.07 Å². The fourth-order valence-electron chi connectivity index (χ4n) is 1.88. The second-order valence-electron chi connectivity index (χ2n) is 5.32. The van der Waals surface area contributed by atoms with Crippen molar-refractivity contribution in [3.8, 4) is 11.5 Å². The quantitative estimate of drug-likeness (QED) is 0.691. The summed E-state index contributed by atoms with van der Waals surface area (Å²) < 4.78 is 11.3. The fourth-order valence-corrected chi connectivity index (χ4v) is 2.11. The Kier molecular flexibility index (Phi) is 7.78. The number of benzene rings is 1. The number of unbranched alkanes of at least 4 members (excludes halogenated alkanes) is 1. The van der Waals surface area contributed by atoms with E-state index in [4.69, 9.17) is 21.1 Å². The van der Waals surface area contributed by atoms with Gasteiger partial charge in [-0.25, -0.2) is 0 Å². The van der Waals surface area contributed by atoms with E-state index in [1.54, 1.807) is 13.2 Å². The van der Waals surface area contributed by atoms with Gasteiger partial charge in [0, 0.05) is 23.2 Å². The lowest BCUT2D eigenvalue weighted by Crippen LogP contribution is -2.19. The van der Waals surface area contributed by atoms with Gasteiger partial charge in [0.2, 0.25) is 0 Å². The minimum absolute atomic E-state index is 0.612. The van der Waals surface area contributed by atoms with Gasteiger partial charge in [-0.05, 0) is 24.9 Å². The summed E-state index contributed by atoms with van der Waals surface area (Å²) in [4.78, 5) is 0. The highest BCUT2D eigenvalue weighted by atomic mass is 35.5. The molecule has 0 saturated carbocycles. The summed E-state index contributed by atoms with van der Waals surface area (Å²) in [7, 11) is 1.64. The molecule has 0 amide bonds. The van der Waals surface area contributed by atoms with Gasteiger partial charge in [0.1, 0.15) is 0 Å². The number of hydrogen-bond donors (Lipinski definition) is 1. The Balaban J connectivity index is 2.84. The molecule has 0 spiro atoms. The predicted molar refractivity (Wildman–Crippen MR) is 85.0 cm³/mol. The highest BCUT2D eigenvalue weighted by Crippen LogP contribution is 2.34. The van der Waals surface area contributed by atoms with Gasteiger partial charge in [0.05, 0.1) is 13.7 Å². The van der Waals surface area contributed by atoms with Gasteiger partial charge >= 0.3 is 0 Å². The molecule has 0 saturated heterocycles. The van der Waals surface area contributed by atoms with Crippen molar-refractivity contribution < 1.29 is 9.47 Å². The van der Waals surface area contributed by atoms with E-state index in [1.165, 1.54) is 0 Å². The molecule has 1 aromatic carbocycles. The predicted octanol–water partition coefficient (Wildman–Crippen LogP) is 4.27. The number of methoxy groups -OCH3 is 1. The van der Waals surface area contributed by atoms with Gasteiger partial charge in [-0.15, -0.1) is 0 Å². The van der Waals surface area contributed by atoms with Crippen LogP contribution in [-0.2, 0) is 6.54 Å². The van der Waals surface area contributed by atoms with Crippen molar-refractivity contribution in [2.45, 2.75) is 40.2 Å². The smallest absolute Gasteiger partial charge is 0.165 e. The Hall–Kier alpha value is -0.930. The lowest BCUT2D eigenvalue weighted by atomic mass is 10.1. The summed E-state index contributed by atoms with van der Waals surface area (Å²) in [5.74, 6) is 2.12. The van der Waals surface area contributed by atoms with E-state index >= 15 is 0 Å². The maximum absolute atomic E-state index is 6.14. The van der Waals surface area contributed by atoms with Crippen LogP contribution in [0.2, 0.25) is 5.02 Å². The maximum Gasteiger partial charge on any atom is 0.165 e. The largest absolute Gasteiger partial charge is 0.493 e. The van der Waals surface area contributed by atoms with Crippen LogP contribution in [0.25, 0.3) is 0 Å². The summed E-state index contributed by atoms with van der Waals surface area (Å²) in [6, 6.07) is 3.74. The molecular weight excluding hydrogens is 274 g/mol. The monoisotopic (exact) mass is 299 g/mol. The number of hydrogen-bond acceptors (Lipinski definition) is 3. The van der Waals surface area contributed by atoms with Crippen molar-refractivity contribution in [1.29, 1.82) is 0 Å². The lowest BCUT2D eigenvalue weighted by molar-refractivity contribution is 0.284. The zero-order chi connectivity index (χ0) is 15.0. The SMILES string of the molecule is CCCCOc1c(CNCC(C)C)cc(Cl)cc1OC. The Morgan fingerprint density at radius 1 is 1.30 bits per heavy atom. The highest BCUT2D eigenvalue weighted by Gasteiger charge is 2.12. The molecule has 114 valence electrons. The van der Waals surface area contributed by atoms with Gasteiger partial charge < -0.3 is 14.8 Å². The molecule has 4 heteroatoms. The number of nitrogens with one attached hydrogen (secondary N) is 1. The van der Waals surface area contributed by atoms with Crippen LogP contribution in [0.1, 0.15) is 39.2 Å². The topological polar surface area (TPSA) is 30.5 Å². The summed E-state index contributed by atoms with van der Waals surface area (Å²) >= 11 is 6.14. The molecule has 0 fully saturated rings. The molecule has 0 aliphatic carbocycles. The van der Waals surface area contributed by atoms with E-state index in [2.05, 4.69) is 26.1 Å². The van der Waals surface area contributed by atoms with E-state index in [-0.39, 0.29) is 0 Å². The molecule has 1 N–H and O–H groups in total. The van der Waals surface area contributed by atoms with Crippen molar-refractivity contribution >= 4 is 11.6 Å². The van der Waals surface area contributed by atoms with E-state index in [9.17, 15) is 0 Å². The first-order chi connectivity index (χ1) is 9.58. The first-order valence-electron chi connectivity index (χ1n) is 7.28. The third kappa shape index (κ3) is 5.59. The summed E-state index contributed by atoms with van der Waals surface area (Å²) in [5.41, 5.74) is 1.05. The zero-order valence-corrected chi connectivity index (χ0v) is 13.7. The van der Waals surface area contributed by atoms with Gasteiger partial charge in [-0.2, -0.15) is 0 Å². The average molecular weight is 300 g/mol. The Morgan fingerprint density at radius 2 is 2.05 bits per heavy atom. The van der Waals surface area contributed by atoms with E-state index in [0.29, 0.717) is 23.3 Å². The molecule has 0 aliphatic rings. The zero-order valence-electron chi connectivity index (χ0n) is 13.0. The second-order valence-corrected chi connectivity index (χ2v) is 5.76. The van der Waals surface area contributed by atoms with Crippen molar-refractivity contribution in [1.82, 2.24) is 5.32 Å². The average Bonchev–Trinajstić information content (AvgIpc) is 2.40. The van der Waals surface area contributed by atoms with Gasteiger partial charge in [0.25, 0.3) is 0 Å². The number of halogens is 1. The maximum atomic E-state index is 6.14. The minimum atomic E-state index is 0.612. The molecule has 0 atom stereocenters. The van der Waals surface area contributed by atoms with Crippen LogP contribution < -0.4 is 14.8 Å². The Labute approximate surface area is 127 Å². The lowest BCUT2D eigenvalue weighted by Gasteiger charge is -2.16. The van der Waals surface area contributed by atoms with Gasteiger partial charge in [-0.1, -0.05) is 38.8 Å². The first kappa shape index (κ1) is 17.1. The van der Waals surface area contributed by atoms with Crippen molar-refractivity contribution in [3.63, 3.8) is 0 Å². The molecule has 1 rings (SSSR count). The molecule has 20 heavy (non-hydrogen) atoms. The number of rotatable bonds is 9. The third-order valence-electron chi connectivity index (χ3n) is 2.93. The molecule has 1 aromatic rings. The molecule has 0 bridgehead atoms. The molecular formula is C16H26ClNO2. The summed E-state index contributed by atoms with van der Waals surface area (Å²) in [5, 5.41) is 4.09. The van der Waals surface area contributed by atoms with E-state index < -0.39 is 0 Å². The molecule has 0 heterocycles. The van der Waals surface area contributed by atoms with Crippen LogP contribution in [0.15, 0.2) is 12.1 Å². The fraction of sp³-hybridized carbons (Fsp3) is 0.625. The van der Waals surface area contributed by atoms with E-state index in [0.717, 1.165) is 37.2 Å². The molecule has 0 aliphatic heterocycles. The Bertz CT molecular complexity index is 408. The van der Waals surface area contributed by atoms with Crippen LogP contribution >= 0.6 is 11.6 Å². The van der Waals surface area contributed by atoms with Gasteiger partial charge in [-0.3, -0.25) is 0 Å². The minimum Gasteiger partial charge on any atom is -0.493 e. The van der Waals surface area contributed by atoms with Crippen LogP contribution in [0.4, 0.5) is 0 Å². The highest BCUT2D eigenvalue weighted by molar-refractivity contribution is 6.30. The first-order valence-corrected chi connectivity index (χ1v) is 7.66. The van der Waals surface area contributed by atoms with Crippen molar-refractivity contribution in [2.75, 3.05) is 20.3 Å². The molecule has 0 unspecified atom stereocenters. The van der Waals surface area contributed by atoms with Crippen LogP contribution in [0.5, 0.6) is 11.5 Å². The second kappa shape index (κ2) is 9.09. The Morgan fingerprint density at radius 3 is 2.65 bits per heavy atom. The third-order valence-corrected chi connectivity index (χ3v) is 3.15. The standard InChI is InChI=1S/C16H26ClNO2/c1-5-6-7-20-16-13(11-18-10-12(2)3)8-14(17)9-15(16)19-4/h8-9,12,18H,5-7,10-11H2,1-4H3. The molecule has 0 aromatic heterocycles. The van der Waals surface area contributed by atoms with Crippen molar-refractivity contribution in [3.05, 3.63) is 22.7 Å². The normalized spacial score (nSPS) is 10.9. The summed E-state index contributed by atoms with van der Waals surface area (Å²) in [6.45, 7) is 8.91.